The lowest BCUT2D eigenvalue weighted by Gasteiger charge is -2.20. The van der Waals surface area contributed by atoms with Gasteiger partial charge in [0.25, 0.3) is 0 Å². The lowest BCUT2D eigenvalue weighted by molar-refractivity contribution is 0.248. The number of nitrogens with two attached hydrogens (primary N) is 1. The molecule has 2 rings (SSSR count). The molecule has 108 valence electrons. The summed E-state index contributed by atoms with van der Waals surface area (Å²) in [5, 5.41) is 4.75. The van der Waals surface area contributed by atoms with E-state index in [1.807, 2.05) is 0 Å². The van der Waals surface area contributed by atoms with Crippen LogP contribution >= 0.6 is 0 Å². The van der Waals surface area contributed by atoms with E-state index in [1.165, 1.54) is 18.5 Å². The first-order chi connectivity index (χ1) is 9.28. The highest BCUT2D eigenvalue weighted by Crippen LogP contribution is 2.28. The Kier molecular flexibility index (Phi) is 5.40. The zero-order chi connectivity index (χ0) is 13.7. The Bertz CT molecular complexity index is 366. The molecule has 1 aromatic heterocycles. The first-order valence-corrected chi connectivity index (χ1v) is 7.76. The van der Waals surface area contributed by atoms with Crippen molar-refractivity contribution in [1.82, 2.24) is 14.7 Å². The molecule has 2 N–H and O–H groups in total. The maximum Gasteiger partial charge on any atom is 0.0765 e. The van der Waals surface area contributed by atoms with Gasteiger partial charge in [0.1, 0.15) is 0 Å². The molecule has 1 saturated carbocycles. The van der Waals surface area contributed by atoms with Crippen LogP contribution in [0, 0.1) is 0 Å². The molecular formula is C15H28N4. The molecule has 0 radical (unpaired) electrons. The molecule has 0 atom stereocenters. The second kappa shape index (κ2) is 7.06. The normalized spacial score (nSPS) is 15.6. The molecule has 0 aromatic carbocycles. The van der Waals surface area contributed by atoms with E-state index in [2.05, 4.69) is 35.7 Å². The second-order valence-corrected chi connectivity index (χ2v) is 5.60. The largest absolute Gasteiger partial charge is 0.330 e. The van der Waals surface area contributed by atoms with Crippen LogP contribution in [0.3, 0.4) is 0 Å². The molecule has 1 aliphatic rings. The number of nitrogens with zero attached hydrogens (tertiary/aromatic N) is 3. The van der Waals surface area contributed by atoms with Crippen LogP contribution in [0.5, 0.6) is 0 Å². The minimum Gasteiger partial charge on any atom is -0.330 e. The van der Waals surface area contributed by atoms with Crippen LogP contribution in [-0.4, -0.2) is 33.8 Å². The molecule has 0 spiro atoms. The summed E-state index contributed by atoms with van der Waals surface area (Å²) in [6, 6.07) is 3.51. The van der Waals surface area contributed by atoms with Gasteiger partial charge < -0.3 is 5.73 Å². The van der Waals surface area contributed by atoms with E-state index < -0.39 is 0 Å². The van der Waals surface area contributed by atoms with Crippen molar-refractivity contribution in [2.75, 3.05) is 13.1 Å². The molecule has 4 nitrogen and oxygen atoms in total. The number of hydrogen-bond acceptors (Lipinski definition) is 3. The van der Waals surface area contributed by atoms with Gasteiger partial charge in [0.15, 0.2) is 0 Å². The Labute approximate surface area is 117 Å². The Morgan fingerprint density at radius 2 is 2.16 bits per heavy atom. The smallest absolute Gasteiger partial charge is 0.0765 e. The SMILES string of the molecule is CCC(CC)n1ccc(CN(CCCN)C2CC2)n1. The summed E-state index contributed by atoms with van der Waals surface area (Å²) in [7, 11) is 0. The molecule has 1 heterocycles. The monoisotopic (exact) mass is 264 g/mol. The zero-order valence-corrected chi connectivity index (χ0v) is 12.4. The Balaban J connectivity index is 1.93. The summed E-state index contributed by atoms with van der Waals surface area (Å²) in [6.07, 6.45) is 8.22. The van der Waals surface area contributed by atoms with E-state index in [-0.39, 0.29) is 0 Å². The van der Waals surface area contributed by atoms with Crippen LogP contribution in [0.4, 0.5) is 0 Å². The zero-order valence-electron chi connectivity index (χ0n) is 12.4. The summed E-state index contributed by atoms with van der Waals surface area (Å²) in [5.74, 6) is 0. The fraction of sp³-hybridized carbons (Fsp3) is 0.800. The van der Waals surface area contributed by atoms with Crippen LogP contribution in [0.15, 0.2) is 12.3 Å². The fourth-order valence-electron chi connectivity index (χ4n) is 2.66. The molecule has 1 aromatic rings. The molecular weight excluding hydrogens is 236 g/mol. The van der Waals surface area contributed by atoms with Gasteiger partial charge in [-0.1, -0.05) is 13.8 Å². The molecule has 0 bridgehead atoms. The van der Waals surface area contributed by atoms with Crippen molar-refractivity contribution in [3.8, 4) is 0 Å². The van der Waals surface area contributed by atoms with Gasteiger partial charge in [0.05, 0.1) is 11.7 Å². The highest BCUT2D eigenvalue weighted by molar-refractivity contribution is 5.01. The molecule has 0 amide bonds. The summed E-state index contributed by atoms with van der Waals surface area (Å²) in [4.78, 5) is 2.55. The number of aromatic nitrogens is 2. The van der Waals surface area contributed by atoms with Crippen LogP contribution in [0.1, 0.15) is 57.7 Å². The van der Waals surface area contributed by atoms with Gasteiger partial charge in [-0.3, -0.25) is 9.58 Å². The standard InChI is InChI=1S/C15H28N4/c1-3-14(4-2)19-11-8-13(17-19)12-18(10-5-9-16)15-6-7-15/h8,11,14-15H,3-7,9-10,12,16H2,1-2H3. The predicted octanol–water partition coefficient (Wildman–Crippen LogP) is 2.56. The van der Waals surface area contributed by atoms with Gasteiger partial charge in [-0.25, -0.2) is 0 Å². The molecule has 0 saturated heterocycles. The van der Waals surface area contributed by atoms with Crippen LogP contribution in [0.25, 0.3) is 0 Å². The number of hydrogen-bond donors (Lipinski definition) is 1. The van der Waals surface area contributed by atoms with Crippen molar-refractivity contribution in [1.29, 1.82) is 0 Å². The molecule has 0 aliphatic heterocycles. The van der Waals surface area contributed by atoms with Crippen molar-refractivity contribution in [2.24, 2.45) is 5.73 Å². The van der Waals surface area contributed by atoms with Crippen molar-refractivity contribution in [2.45, 2.75) is 64.6 Å². The Hall–Kier alpha value is -0.870. The third-order valence-corrected chi connectivity index (χ3v) is 4.06. The van der Waals surface area contributed by atoms with E-state index >= 15 is 0 Å². The maximum atomic E-state index is 5.62. The highest BCUT2D eigenvalue weighted by Gasteiger charge is 2.28. The summed E-state index contributed by atoms with van der Waals surface area (Å²) in [6.45, 7) is 7.34. The molecule has 4 heteroatoms. The van der Waals surface area contributed by atoms with E-state index in [0.29, 0.717) is 6.04 Å². The molecule has 1 aliphatic carbocycles. The van der Waals surface area contributed by atoms with E-state index in [0.717, 1.165) is 44.9 Å². The van der Waals surface area contributed by atoms with Crippen molar-refractivity contribution < 1.29 is 0 Å². The van der Waals surface area contributed by atoms with Gasteiger partial charge in [0.2, 0.25) is 0 Å². The molecule has 19 heavy (non-hydrogen) atoms. The molecule has 1 fully saturated rings. The first kappa shape index (κ1) is 14.5. The quantitative estimate of drug-likeness (QED) is 0.745. The van der Waals surface area contributed by atoms with Crippen molar-refractivity contribution >= 4 is 0 Å². The van der Waals surface area contributed by atoms with Crippen molar-refractivity contribution in [3.63, 3.8) is 0 Å². The summed E-state index contributed by atoms with van der Waals surface area (Å²) in [5.41, 5.74) is 6.83. The van der Waals surface area contributed by atoms with E-state index in [1.54, 1.807) is 0 Å². The average Bonchev–Trinajstić information content (AvgIpc) is 3.17. The third kappa shape index (κ3) is 4.05. The fourth-order valence-corrected chi connectivity index (χ4v) is 2.66. The van der Waals surface area contributed by atoms with Crippen LogP contribution < -0.4 is 5.73 Å². The lowest BCUT2D eigenvalue weighted by Crippen LogP contribution is -2.28. The lowest BCUT2D eigenvalue weighted by atomic mass is 10.2. The Morgan fingerprint density at radius 3 is 2.74 bits per heavy atom. The van der Waals surface area contributed by atoms with Gasteiger partial charge in [0, 0.05) is 25.3 Å². The van der Waals surface area contributed by atoms with Gasteiger partial charge in [-0.15, -0.1) is 0 Å². The summed E-state index contributed by atoms with van der Waals surface area (Å²) < 4.78 is 2.14. The Morgan fingerprint density at radius 1 is 1.42 bits per heavy atom. The van der Waals surface area contributed by atoms with Gasteiger partial charge in [-0.05, 0) is 44.7 Å². The van der Waals surface area contributed by atoms with Crippen LogP contribution in [0.2, 0.25) is 0 Å². The maximum absolute atomic E-state index is 5.62. The predicted molar refractivity (Wildman–Crippen MR) is 78.9 cm³/mol. The average molecular weight is 264 g/mol. The van der Waals surface area contributed by atoms with Gasteiger partial charge in [-0.2, -0.15) is 5.10 Å². The molecule has 0 unspecified atom stereocenters. The summed E-state index contributed by atoms with van der Waals surface area (Å²) >= 11 is 0. The topological polar surface area (TPSA) is 47.1 Å². The first-order valence-electron chi connectivity index (χ1n) is 7.76. The van der Waals surface area contributed by atoms with Crippen molar-refractivity contribution in [3.05, 3.63) is 18.0 Å². The minimum absolute atomic E-state index is 0.548. The second-order valence-electron chi connectivity index (χ2n) is 5.60. The van der Waals surface area contributed by atoms with Gasteiger partial charge >= 0.3 is 0 Å². The van der Waals surface area contributed by atoms with E-state index in [4.69, 9.17) is 10.8 Å². The number of rotatable bonds is 9. The van der Waals surface area contributed by atoms with E-state index in [9.17, 15) is 0 Å². The van der Waals surface area contributed by atoms with Crippen LogP contribution in [-0.2, 0) is 6.54 Å². The minimum atomic E-state index is 0.548. The third-order valence-electron chi connectivity index (χ3n) is 4.06. The highest BCUT2D eigenvalue weighted by atomic mass is 15.3.